The number of hydrogen-bond donors (Lipinski definition) is 0. The minimum atomic E-state index is -0.170. The Morgan fingerprint density at radius 1 is 1.75 bits per heavy atom. The van der Waals surface area contributed by atoms with Crippen LogP contribution in [0.5, 0.6) is 0 Å². The van der Waals surface area contributed by atoms with Gasteiger partial charge in [0.1, 0.15) is 6.67 Å². The van der Waals surface area contributed by atoms with Gasteiger partial charge in [0.2, 0.25) is 0 Å². The van der Waals surface area contributed by atoms with E-state index in [4.69, 9.17) is 0 Å². The topological polar surface area (TPSA) is 3.24 Å². The summed E-state index contributed by atoms with van der Waals surface area (Å²) in [5, 5.41) is 0. The highest BCUT2D eigenvalue weighted by molar-refractivity contribution is 4.74. The molecule has 0 aromatic heterocycles. The minimum Gasteiger partial charge on any atom is -0.301 e. The number of nitrogens with zero attached hydrogens (tertiary/aromatic N) is 1. The summed E-state index contributed by atoms with van der Waals surface area (Å²) < 4.78 is 11.9. The Balaban J connectivity index is 2.30. The predicted octanol–water partition coefficient (Wildman–Crippen LogP) is 1.05. The van der Waals surface area contributed by atoms with Crippen molar-refractivity contribution in [2.75, 3.05) is 20.3 Å². The minimum absolute atomic E-state index is 0.170. The quantitative estimate of drug-likeness (QED) is 0.496. The summed E-state index contributed by atoms with van der Waals surface area (Å²) >= 11 is 0. The second kappa shape index (κ2) is 2.44. The molecule has 0 aromatic rings. The standard InChI is InChI=1S/C6H12FN/c1-8-4-2-3-6(8)5-7/h6H,2-5H2,1H3/t6-/m0/s1. The van der Waals surface area contributed by atoms with Gasteiger partial charge in [-0.15, -0.1) is 0 Å². The summed E-state index contributed by atoms with van der Waals surface area (Å²) in [5.41, 5.74) is 0. The zero-order valence-corrected chi connectivity index (χ0v) is 5.23. The molecule has 0 unspecified atom stereocenters. The molecular weight excluding hydrogens is 105 g/mol. The molecule has 0 aliphatic carbocycles. The first-order chi connectivity index (χ1) is 3.84. The first-order valence-corrected chi connectivity index (χ1v) is 3.11. The highest BCUT2D eigenvalue weighted by Gasteiger charge is 2.19. The summed E-state index contributed by atoms with van der Waals surface area (Å²) in [6.07, 6.45) is 2.22. The van der Waals surface area contributed by atoms with E-state index >= 15 is 0 Å². The Bertz CT molecular complexity index is 74.9. The van der Waals surface area contributed by atoms with Crippen LogP contribution in [0.15, 0.2) is 0 Å². The summed E-state index contributed by atoms with van der Waals surface area (Å²) in [6, 6.07) is 0.231. The fourth-order valence-electron chi connectivity index (χ4n) is 1.17. The maximum atomic E-state index is 11.9. The molecule has 48 valence electrons. The molecule has 1 aliphatic rings. The molecule has 1 rings (SSSR count). The van der Waals surface area contributed by atoms with Crippen molar-refractivity contribution >= 4 is 0 Å². The third-order valence-corrected chi connectivity index (χ3v) is 1.85. The van der Waals surface area contributed by atoms with Gasteiger partial charge in [0.05, 0.1) is 0 Å². The average molecular weight is 117 g/mol. The number of alkyl halides is 1. The Kier molecular flexibility index (Phi) is 1.84. The van der Waals surface area contributed by atoms with Gasteiger partial charge in [0, 0.05) is 6.04 Å². The Hall–Kier alpha value is -0.110. The van der Waals surface area contributed by atoms with Gasteiger partial charge < -0.3 is 4.90 Å². The van der Waals surface area contributed by atoms with Gasteiger partial charge >= 0.3 is 0 Å². The normalized spacial score (nSPS) is 31.5. The molecular formula is C6H12FN. The smallest absolute Gasteiger partial charge is 0.105 e. The molecule has 2 heteroatoms. The van der Waals surface area contributed by atoms with Crippen LogP contribution in [0.4, 0.5) is 4.39 Å². The molecule has 1 fully saturated rings. The average Bonchev–Trinajstić information content (AvgIpc) is 2.14. The molecule has 8 heavy (non-hydrogen) atoms. The number of hydrogen-bond acceptors (Lipinski definition) is 1. The van der Waals surface area contributed by atoms with Gasteiger partial charge in [0.25, 0.3) is 0 Å². The van der Waals surface area contributed by atoms with Crippen molar-refractivity contribution in [2.45, 2.75) is 18.9 Å². The molecule has 1 atom stereocenters. The second-order valence-corrected chi connectivity index (χ2v) is 2.43. The number of halogens is 1. The van der Waals surface area contributed by atoms with Crippen LogP contribution >= 0.6 is 0 Å². The molecule has 1 nitrogen and oxygen atoms in total. The van der Waals surface area contributed by atoms with Crippen LogP contribution in [-0.4, -0.2) is 31.2 Å². The van der Waals surface area contributed by atoms with Gasteiger partial charge in [-0.1, -0.05) is 0 Å². The van der Waals surface area contributed by atoms with Crippen LogP contribution in [0.3, 0.4) is 0 Å². The van der Waals surface area contributed by atoms with Gasteiger partial charge in [-0.3, -0.25) is 0 Å². The Labute approximate surface area is 49.5 Å². The lowest BCUT2D eigenvalue weighted by molar-refractivity contribution is 0.255. The Morgan fingerprint density at radius 3 is 2.75 bits per heavy atom. The second-order valence-electron chi connectivity index (χ2n) is 2.43. The van der Waals surface area contributed by atoms with Gasteiger partial charge in [0.15, 0.2) is 0 Å². The molecule has 0 aromatic carbocycles. The van der Waals surface area contributed by atoms with Crippen LogP contribution in [0.2, 0.25) is 0 Å². The predicted molar refractivity (Wildman–Crippen MR) is 31.6 cm³/mol. The van der Waals surface area contributed by atoms with Crippen molar-refractivity contribution in [1.29, 1.82) is 0 Å². The molecule has 0 amide bonds. The van der Waals surface area contributed by atoms with Crippen molar-refractivity contribution in [1.82, 2.24) is 4.90 Å². The van der Waals surface area contributed by atoms with E-state index in [0.717, 1.165) is 13.0 Å². The molecule has 0 spiro atoms. The molecule has 1 aliphatic heterocycles. The van der Waals surface area contributed by atoms with Gasteiger partial charge in [-0.25, -0.2) is 4.39 Å². The van der Waals surface area contributed by atoms with E-state index in [2.05, 4.69) is 4.90 Å². The fraction of sp³-hybridized carbons (Fsp3) is 1.00. The van der Waals surface area contributed by atoms with Crippen LogP contribution in [0.1, 0.15) is 12.8 Å². The van der Waals surface area contributed by atoms with E-state index in [0.29, 0.717) is 0 Å². The van der Waals surface area contributed by atoms with Gasteiger partial charge in [-0.05, 0) is 26.4 Å². The van der Waals surface area contributed by atoms with Crippen molar-refractivity contribution in [3.05, 3.63) is 0 Å². The molecule has 0 N–H and O–H groups in total. The lowest BCUT2D eigenvalue weighted by Crippen LogP contribution is -2.26. The summed E-state index contributed by atoms with van der Waals surface area (Å²) in [6.45, 7) is 0.908. The van der Waals surface area contributed by atoms with Crippen LogP contribution in [-0.2, 0) is 0 Å². The van der Waals surface area contributed by atoms with E-state index in [1.165, 1.54) is 6.42 Å². The first-order valence-electron chi connectivity index (χ1n) is 3.11. The molecule has 0 saturated carbocycles. The molecule has 0 bridgehead atoms. The van der Waals surface area contributed by atoms with Crippen LogP contribution < -0.4 is 0 Å². The summed E-state index contributed by atoms with van der Waals surface area (Å²) in [7, 11) is 1.98. The summed E-state index contributed by atoms with van der Waals surface area (Å²) in [4.78, 5) is 2.08. The van der Waals surface area contributed by atoms with Crippen molar-refractivity contribution < 1.29 is 4.39 Å². The lowest BCUT2D eigenvalue weighted by Gasteiger charge is -2.14. The molecule has 1 saturated heterocycles. The van der Waals surface area contributed by atoms with E-state index in [9.17, 15) is 4.39 Å². The van der Waals surface area contributed by atoms with Crippen molar-refractivity contribution in [2.24, 2.45) is 0 Å². The van der Waals surface area contributed by atoms with Gasteiger partial charge in [-0.2, -0.15) is 0 Å². The summed E-state index contributed by atoms with van der Waals surface area (Å²) in [5.74, 6) is 0. The van der Waals surface area contributed by atoms with E-state index in [1.807, 2.05) is 7.05 Å². The maximum absolute atomic E-state index is 11.9. The molecule has 0 radical (unpaired) electrons. The van der Waals surface area contributed by atoms with Crippen molar-refractivity contribution in [3.63, 3.8) is 0 Å². The SMILES string of the molecule is CN1CCC[C@H]1CF. The highest BCUT2D eigenvalue weighted by Crippen LogP contribution is 2.14. The maximum Gasteiger partial charge on any atom is 0.105 e. The first kappa shape index (κ1) is 6.02. The highest BCUT2D eigenvalue weighted by atomic mass is 19.1. The largest absolute Gasteiger partial charge is 0.301 e. The lowest BCUT2D eigenvalue weighted by atomic mass is 10.2. The third-order valence-electron chi connectivity index (χ3n) is 1.85. The van der Waals surface area contributed by atoms with E-state index < -0.39 is 0 Å². The Morgan fingerprint density at radius 2 is 2.50 bits per heavy atom. The monoisotopic (exact) mass is 117 g/mol. The zero-order chi connectivity index (χ0) is 5.98. The van der Waals surface area contributed by atoms with E-state index in [-0.39, 0.29) is 12.7 Å². The zero-order valence-electron chi connectivity index (χ0n) is 5.23. The van der Waals surface area contributed by atoms with Crippen LogP contribution in [0.25, 0.3) is 0 Å². The number of rotatable bonds is 1. The van der Waals surface area contributed by atoms with E-state index in [1.54, 1.807) is 0 Å². The number of likely N-dealkylation sites (tertiary alicyclic amines) is 1. The third kappa shape index (κ3) is 0.996. The molecule has 1 heterocycles. The fourth-order valence-corrected chi connectivity index (χ4v) is 1.17. The van der Waals surface area contributed by atoms with Crippen LogP contribution in [0, 0.1) is 0 Å². The van der Waals surface area contributed by atoms with Crippen molar-refractivity contribution in [3.8, 4) is 0 Å².